The molecule has 0 aliphatic carbocycles. The van der Waals surface area contributed by atoms with Crippen LogP contribution in [0, 0.1) is 11.3 Å². The van der Waals surface area contributed by atoms with Crippen LogP contribution in [0.3, 0.4) is 0 Å². The van der Waals surface area contributed by atoms with E-state index >= 15 is 0 Å². The molecule has 5 heteroatoms. The molecular formula is C11H15ClN2OS. The number of nitrogens with two attached hydrogens (primary N) is 1. The summed E-state index contributed by atoms with van der Waals surface area (Å²) in [4.78, 5) is 0.889. The molecule has 1 rings (SSSR count). The molecule has 0 fully saturated rings. The van der Waals surface area contributed by atoms with E-state index in [9.17, 15) is 0 Å². The first-order valence-electron chi connectivity index (χ1n) is 4.92. The molecule has 88 valence electrons. The maximum atomic E-state index is 8.94. The number of rotatable bonds is 5. The van der Waals surface area contributed by atoms with Crippen molar-refractivity contribution in [2.45, 2.75) is 11.8 Å². The zero-order chi connectivity index (χ0) is 12.1. The molecule has 0 aromatic heterocycles. The number of nitrogen functional groups attached to an aromatic ring is 1. The summed E-state index contributed by atoms with van der Waals surface area (Å²) in [5.74, 6) is 1.02. The Morgan fingerprint density at radius 3 is 2.88 bits per heavy atom. The molecule has 0 aliphatic rings. The smallest absolute Gasteiger partial charge is 0.123 e. The third-order valence-electron chi connectivity index (χ3n) is 2.07. The number of aliphatic hydroxyl groups is 1. The van der Waals surface area contributed by atoms with Crippen molar-refractivity contribution >= 4 is 29.2 Å². The number of hydrogen-bond acceptors (Lipinski definition) is 3. The van der Waals surface area contributed by atoms with Gasteiger partial charge in [-0.2, -0.15) is 0 Å². The SMILES string of the molecule is CC(CO)CSc1cc(Cl)ccc1C(=N)N. The Morgan fingerprint density at radius 1 is 1.62 bits per heavy atom. The van der Waals surface area contributed by atoms with E-state index in [0.29, 0.717) is 10.6 Å². The largest absolute Gasteiger partial charge is 0.396 e. The standard InChI is InChI=1S/C11H15ClN2OS/c1-7(5-15)6-16-10-4-8(12)2-3-9(10)11(13)14/h2-4,7,15H,5-6H2,1H3,(H3,13,14). The second kappa shape index (κ2) is 6.13. The Hall–Kier alpha value is -0.710. The maximum absolute atomic E-state index is 8.94. The molecule has 3 nitrogen and oxygen atoms in total. The van der Waals surface area contributed by atoms with Gasteiger partial charge in [0.05, 0.1) is 0 Å². The number of amidine groups is 1. The Labute approximate surface area is 105 Å². The van der Waals surface area contributed by atoms with Crippen LogP contribution in [0.25, 0.3) is 0 Å². The van der Waals surface area contributed by atoms with Gasteiger partial charge in [-0.15, -0.1) is 11.8 Å². The quantitative estimate of drug-likeness (QED) is 0.431. The van der Waals surface area contributed by atoms with E-state index in [2.05, 4.69) is 0 Å². The molecule has 1 aromatic carbocycles. The minimum absolute atomic E-state index is 0.0378. The van der Waals surface area contributed by atoms with Crippen LogP contribution in [-0.2, 0) is 0 Å². The summed E-state index contributed by atoms with van der Waals surface area (Å²) in [6.07, 6.45) is 0. The van der Waals surface area contributed by atoms with Gasteiger partial charge in [0.2, 0.25) is 0 Å². The highest BCUT2D eigenvalue weighted by Gasteiger charge is 2.08. The number of aliphatic hydroxyl groups excluding tert-OH is 1. The summed E-state index contributed by atoms with van der Waals surface area (Å²) in [5, 5.41) is 17.0. The van der Waals surface area contributed by atoms with Crippen LogP contribution in [-0.4, -0.2) is 23.3 Å². The number of nitrogens with one attached hydrogen (secondary N) is 1. The van der Waals surface area contributed by atoms with Crippen LogP contribution < -0.4 is 5.73 Å². The van der Waals surface area contributed by atoms with E-state index in [1.165, 1.54) is 0 Å². The summed E-state index contributed by atoms with van der Waals surface area (Å²) in [6.45, 7) is 2.12. The fourth-order valence-electron chi connectivity index (χ4n) is 1.12. The molecule has 1 aromatic rings. The summed E-state index contributed by atoms with van der Waals surface area (Å²) in [7, 11) is 0. The van der Waals surface area contributed by atoms with Crippen LogP contribution in [0.5, 0.6) is 0 Å². The topological polar surface area (TPSA) is 70.1 Å². The lowest BCUT2D eigenvalue weighted by Crippen LogP contribution is -2.12. The lowest BCUT2D eigenvalue weighted by molar-refractivity contribution is 0.250. The molecule has 1 unspecified atom stereocenters. The van der Waals surface area contributed by atoms with Crippen molar-refractivity contribution in [3.63, 3.8) is 0 Å². The summed E-state index contributed by atoms with van der Waals surface area (Å²) in [5.41, 5.74) is 6.18. The molecule has 0 bridgehead atoms. The molecule has 4 N–H and O–H groups in total. The summed E-state index contributed by atoms with van der Waals surface area (Å²) < 4.78 is 0. The van der Waals surface area contributed by atoms with E-state index < -0.39 is 0 Å². The third-order valence-corrected chi connectivity index (χ3v) is 3.69. The average Bonchev–Trinajstić information content (AvgIpc) is 2.25. The van der Waals surface area contributed by atoms with E-state index in [1.54, 1.807) is 30.0 Å². The fourth-order valence-corrected chi connectivity index (χ4v) is 2.47. The highest BCUT2D eigenvalue weighted by Crippen LogP contribution is 2.27. The molecular weight excluding hydrogens is 244 g/mol. The maximum Gasteiger partial charge on any atom is 0.123 e. The predicted molar refractivity (Wildman–Crippen MR) is 69.4 cm³/mol. The predicted octanol–water partition coefficient (Wildman–Crippen LogP) is 2.34. The van der Waals surface area contributed by atoms with Gasteiger partial charge in [-0.05, 0) is 24.1 Å². The van der Waals surface area contributed by atoms with Crippen LogP contribution >= 0.6 is 23.4 Å². The van der Waals surface area contributed by atoms with Crippen molar-refractivity contribution in [3.8, 4) is 0 Å². The van der Waals surface area contributed by atoms with Crippen molar-refractivity contribution in [1.82, 2.24) is 0 Å². The Kier molecular flexibility index (Phi) is 5.12. The third kappa shape index (κ3) is 3.70. The molecule has 0 heterocycles. The van der Waals surface area contributed by atoms with Gasteiger partial charge in [0.15, 0.2) is 0 Å². The second-order valence-corrected chi connectivity index (χ2v) is 5.15. The first kappa shape index (κ1) is 13.4. The van der Waals surface area contributed by atoms with Gasteiger partial charge >= 0.3 is 0 Å². The van der Waals surface area contributed by atoms with E-state index in [4.69, 9.17) is 27.9 Å². The van der Waals surface area contributed by atoms with Gasteiger partial charge < -0.3 is 10.8 Å². The number of benzene rings is 1. The molecule has 1 atom stereocenters. The zero-order valence-corrected chi connectivity index (χ0v) is 10.6. The lowest BCUT2D eigenvalue weighted by Gasteiger charge is -2.11. The number of thioether (sulfide) groups is 1. The second-order valence-electron chi connectivity index (χ2n) is 3.65. The molecule has 0 radical (unpaired) electrons. The Morgan fingerprint density at radius 2 is 2.31 bits per heavy atom. The number of halogens is 1. The van der Waals surface area contributed by atoms with Crippen LogP contribution in [0.1, 0.15) is 12.5 Å². The van der Waals surface area contributed by atoms with Crippen molar-refractivity contribution < 1.29 is 5.11 Å². The molecule has 0 spiro atoms. The minimum atomic E-state index is 0.0378. The molecule has 16 heavy (non-hydrogen) atoms. The average molecular weight is 259 g/mol. The van der Waals surface area contributed by atoms with Gasteiger partial charge in [0.1, 0.15) is 5.84 Å². The first-order chi connectivity index (χ1) is 7.54. The number of hydrogen-bond donors (Lipinski definition) is 3. The fraction of sp³-hybridized carbons (Fsp3) is 0.364. The van der Waals surface area contributed by atoms with Crippen molar-refractivity contribution in [2.24, 2.45) is 11.7 Å². The minimum Gasteiger partial charge on any atom is -0.396 e. The molecule has 0 amide bonds. The summed E-state index contributed by atoms with van der Waals surface area (Å²) >= 11 is 7.45. The normalized spacial score (nSPS) is 12.4. The first-order valence-corrected chi connectivity index (χ1v) is 6.28. The van der Waals surface area contributed by atoms with Gasteiger partial charge in [-0.3, -0.25) is 5.41 Å². The highest BCUT2D eigenvalue weighted by atomic mass is 35.5. The van der Waals surface area contributed by atoms with Crippen molar-refractivity contribution in [1.29, 1.82) is 5.41 Å². The van der Waals surface area contributed by atoms with Gasteiger partial charge in [0, 0.05) is 27.8 Å². The summed E-state index contributed by atoms with van der Waals surface area (Å²) in [6, 6.07) is 5.27. The van der Waals surface area contributed by atoms with Crippen LogP contribution in [0.4, 0.5) is 0 Å². The van der Waals surface area contributed by atoms with E-state index in [1.807, 2.05) is 6.92 Å². The highest BCUT2D eigenvalue weighted by molar-refractivity contribution is 7.99. The Bertz CT molecular complexity index is 384. The van der Waals surface area contributed by atoms with Gasteiger partial charge in [-0.25, -0.2) is 0 Å². The molecule has 0 saturated carbocycles. The lowest BCUT2D eigenvalue weighted by atomic mass is 10.2. The van der Waals surface area contributed by atoms with E-state index in [0.717, 1.165) is 10.6 Å². The van der Waals surface area contributed by atoms with Crippen LogP contribution in [0.15, 0.2) is 23.1 Å². The van der Waals surface area contributed by atoms with Gasteiger partial charge in [0.25, 0.3) is 0 Å². The van der Waals surface area contributed by atoms with E-state index in [-0.39, 0.29) is 18.4 Å². The molecule has 0 aliphatic heterocycles. The monoisotopic (exact) mass is 258 g/mol. The van der Waals surface area contributed by atoms with Crippen LogP contribution in [0.2, 0.25) is 5.02 Å². The molecule has 0 saturated heterocycles. The van der Waals surface area contributed by atoms with Crippen molar-refractivity contribution in [2.75, 3.05) is 12.4 Å². The van der Waals surface area contributed by atoms with Gasteiger partial charge in [-0.1, -0.05) is 18.5 Å². The Balaban J connectivity index is 2.84. The van der Waals surface area contributed by atoms with Crippen molar-refractivity contribution in [3.05, 3.63) is 28.8 Å². The zero-order valence-electron chi connectivity index (χ0n) is 9.03.